The fraction of sp³-hybridized carbons (Fsp3) is 0.176. The first kappa shape index (κ1) is 17.7. The highest BCUT2D eigenvalue weighted by Crippen LogP contribution is 2.19. The maximum absolute atomic E-state index is 13.6. The van der Waals surface area contributed by atoms with Gasteiger partial charge in [-0.25, -0.2) is 9.18 Å². The monoisotopic (exact) mass is 351 g/mol. The molecule has 7 heteroatoms. The number of esters is 1. The summed E-state index contributed by atoms with van der Waals surface area (Å²) >= 11 is 5.83. The number of carbonyl (C=O) groups excluding carboxylic acids is 2. The van der Waals surface area contributed by atoms with Crippen LogP contribution in [0.3, 0.4) is 0 Å². The van der Waals surface area contributed by atoms with Gasteiger partial charge in [-0.1, -0.05) is 17.7 Å². The van der Waals surface area contributed by atoms with Crippen molar-refractivity contribution in [1.29, 1.82) is 0 Å². The van der Waals surface area contributed by atoms with Gasteiger partial charge >= 0.3 is 5.97 Å². The Morgan fingerprint density at radius 3 is 2.58 bits per heavy atom. The molecule has 0 saturated heterocycles. The van der Waals surface area contributed by atoms with Crippen LogP contribution in [0.25, 0.3) is 0 Å². The molecule has 5 nitrogen and oxygen atoms in total. The Morgan fingerprint density at radius 2 is 1.96 bits per heavy atom. The van der Waals surface area contributed by atoms with Crippen molar-refractivity contribution in [2.75, 3.05) is 12.4 Å². The van der Waals surface area contributed by atoms with Gasteiger partial charge in [-0.15, -0.1) is 0 Å². The second-order valence-corrected chi connectivity index (χ2v) is 5.33. The maximum Gasteiger partial charge on any atom is 0.339 e. The molecule has 1 atom stereocenters. The molecule has 0 unspecified atom stereocenters. The Bertz CT molecular complexity index is 766. The van der Waals surface area contributed by atoms with Gasteiger partial charge in [-0.05, 0) is 43.3 Å². The number of hydrogen-bond acceptors (Lipinski definition) is 4. The van der Waals surface area contributed by atoms with Crippen molar-refractivity contribution in [2.45, 2.75) is 13.0 Å². The van der Waals surface area contributed by atoms with E-state index in [1.165, 1.54) is 26.2 Å². The molecule has 0 aliphatic rings. The molecule has 2 aromatic carbocycles. The lowest BCUT2D eigenvalue weighted by atomic mass is 10.2. The zero-order valence-corrected chi connectivity index (χ0v) is 13.8. The lowest BCUT2D eigenvalue weighted by Gasteiger charge is -2.14. The first-order valence-electron chi connectivity index (χ1n) is 7.01. The van der Waals surface area contributed by atoms with Crippen LogP contribution in [0.2, 0.25) is 5.02 Å². The van der Waals surface area contributed by atoms with Crippen LogP contribution in [-0.4, -0.2) is 25.1 Å². The number of nitrogens with one attached hydrogen (secondary N) is 1. The van der Waals surface area contributed by atoms with Crippen LogP contribution in [0.4, 0.5) is 10.1 Å². The van der Waals surface area contributed by atoms with Crippen LogP contribution >= 0.6 is 11.6 Å². The van der Waals surface area contributed by atoms with Gasteiger partial charge in [0.05, 0.1) is 12.7 Å². The maximum atomic E-state index is 13.6. The van der Waals surface area contributed by atoms with Crippen LogP contribution in [0.1, 0.15) is 17.3 Å². The summed E-state index contributed by atoms with van der Waals surface area (Å²) in [5.74, 6) is -2.02. The minimum Gasteiger partial charge on any atom is -0.494 e. The Balaban J connectivity index is 2.00. The number of rotatable bonds is 5. The van der Waals surface area contributed by atoms with Gasteiger partial charge in [0.2, 0.25) is 0 Å². The van der Waals surface area contributed by atoms with E-state index in [9.17, 15) is 14.0 Å². The number of amides is 1. The molecule has 0 spiro atoms. The van der Waals surface area contributed by atoms with Crippen molar-refractivity contribution in [3.63, 3.8) is 0 Å². The zero-order valence-electron chi connectivity index (χ0n) is 13.0. The zero-order chi connectivity index (χ0) is 17.7. The molecule has 0 aliphatic heterocycles. The minimum atomic E-state index is -1.07. The molecular formula is C17H15ClFNO4. The van der Waals surface area contributed by atoms with Crippen molar-refractivity contribution in [1.82, 2.24) is 0 Å². The van der Waals surface area contributed by atoms with E-state index >= 15 is 0 Å². The van der Waals surface area contributed by atoms with Gasteiger partial charge in [-0.2, -0.15) is 0 Å². The van der Waals surface area contributed by atoms with Crippen LogP contribution in [-0.2, 0) is 9.53 Å². The Kier molecular flexibility index (Phi) is 5.76. The summed E-state index contributed by atoms with van der Waals surface area (Å²) in [6.07, 6.45) is -1.07. The van der Waals surface area contributed by atoms with E-state index < -0.39 is 23.8 Å². The van der Waals surface area contributed by atoms with E-state index in [1.807, 2.05) is 0 Å². The third-order valence-electron chi connectivity index (χ3n) is 3.13. The topological polar surface area (TPSA) is 64.6 Å². The van der Waals surface area contributed by atoms with E-state index in [0.29, 0.717) is 10.7 Å². The summed E-state index contributed by atoms with van der Waals surface area (Å²) < 4.78 is 23.4. The van der Waals surface area contributed by atoms with Crippen LogP contribution in [0.5, 0.6) is 5.75 Å². The van der Waals surface area contributed by atoms with E-state index in [1.54, 1.807) is 24.3 Å². The standard InChI is InChI=1S/C17H15ClFNO4/c1-10(16(21)20-13-5-3-4-12(18)9-13)24-17(22)11-6-7-15(23-2)14(19)8-11/h3-10H,1-2H3,(H,20,21)/t10-/m0/s1. The number of halogens is 2. The van der Waals surface area contributed by atoms with E-state index in [2.05, 4.69) is 5.32 Å². The highest BCUT2D eigenvalue weighted by Gasteiger charge is 2.20. The molecule has 0 fully saturated rings. The Labute approximate surface area is 143 Å². The number of ether oxygens (including phenoxy) is 2. The molecule has 0 aromatic heterocycles. The number of hydrogen-bond donors (Lipinski definition) is 1. The fourth-order valence-corrected chi connectivity index (χ4v) is 2.08. The predicted octanol–water partition coefficient (Wildman–Crippen LogP) is 3.67. The van der Waals surface area contributed by atoms with Crippen molar-refractivity contribution < 1.29 is 23.5 Å². The minimum absolute atomic E-state index is 0.0123. The third-order valence-corrected chi connectivity index (χ3v) is 3.37. The highest BCUT2D eigenvalue weighted by atomic mass is 35.5. The molecule has 1 N–H and O–H groups in total. The average Bonchev–Trinajstić information content (AvgIpc) is 2.54. The summed E-state index contributed by atoms with van der Waals surface area (Å²) in [6.45, 7) is 1.41. The van der Waals surface area contributed by atoms with Gasteiger partial charge in [0.25, 0.3) is 5.91 Å². The summed E-state index contributed by atoms with van der Waals surface area (Å²) in [4.78, 5) is 24.0. The number of anilines is 1. The lowest BCUT2D eigenvalue weighted by Crippen LogP contribution is -2.30. The van der Waals surface area contributed by atoms with Crippen LogP contribution in [0, 0.1) is 5.82 Å². The average molecular weight is 352 g/mol. The van der Waals surface area contributed by atoms with Crippen LogP contribution in [0.15, 0.2) is 42.5 Å². The SMILES string of the molecule is COc1ccc(C(=O)O[C@@H](C)C(=O)Nc2cccc(Cl)c2)cc1F. The van der Waals surface area contributed by atoms with Gasteiger partial charge in [0.1, 0.15) is 0 Å². The van der Waals surface area contributed by atoms with Crippen molar-refractivity contribution >= 4 is 29.2 Å². The molecule has 0 saturated carbocycles. The number of methoxy groups -OCH3 is 1. The summed E-state index contributed by atoms with van der Waals surface area (Å²) in [6, 6.07) is 10.2. The molecule has 0 aliphatic carbocycles. The van der Waals surface area contributed by atoms with Crippen molar-refractivity contribution in [3.8, 4) is 5.75 Å². The van der Waals surface area contributed by atoms with Gasteiger partial charge in [0.15, 0.2) is 17.7 Å². The van der Waals surface area contributed by atoms with E-state index in [-0.39, 0.29) is 11.3 Å². The molecule has 1 amide bonds. The predicted molar refractivity (Wildman–Crippen MR) is 87.9 cm³/mol. The summed E-state index contributed by atoms with van der Waals surface area (Å²) in [5.41, 5.74) is 0.460. The normalized spacial score (nSPS) is 11.5. The van der Waals surface area contributed by atoms with E-state index in [4.69, 9.17) is 21.1 Å². The molecule has 2 aromatic rings. The summed E-state index contributed by atoms with van der Waals surface area (Å²) in [7, 11) is 1.32. The molecule has 0 radical (unpaired) electrons. The van der Waals surface area contributed by atoms with Crippen molar-refractivity contribution in [2.24, 2.45) is 0 Å². The fourth-order valence-electron chi connectivity index (χ4n) is 1.89. The second-order valence-electron chi connectivity index (χ2n) is 4.90. The largest absolute Gasteiger partial charge is 0.494 e. The Morgan fingerprint density at radius 1 is 1.21 bits per heavy atom. The lowest BCUT2D eigenvalue weighted by molar-refractivity contribution is -0.123. The Hall–Kier alpha value is -2.60. The molecule has 2 rings (SSSR count). The first-order chi connectivity index (χ1) is 11.4. The second kappa shape index (κ2) is 7.79. The van der Waals surface area contributed by atoms with Gasteiger partial charge in [-0.3, -0.25) is 4.79 Å². The quantitative estimate of drug-likeness (QED) is 0.835. The molecule has 0 heterocycles. The van der Waals surface area contributed by atoms with Crippen LogP contribution < -0.4 is 10.1 Å². The third kappa shape index (κ3) is 4.45. The van der Waals surface area contributed by atoms with Gasteiger partial charge in [0, 0.05) is 10.7 Å². The number of benzene rings is 2. The first-order valence-corrected chi connectivity index (χ1v) is 7.39. The van der Waals surface area contributed by atoms with Crippen molar-refractivity contribution in [3.05, 3.63) is 58.9 Å². The van der Waals surface area contributed by atoms with E-state index in [0.717, 1.165) is 6.07 Å². The summed E-state index contributed by atoms with van der Waals surface area (Å²) in [5, 5.41) is 3.04. The highest BCUT2D eigenvalue weighted by molar-refractivity contribution is 6.30. The molecular weight excluding hydrogens is 337 g/mol. The molecule has 0 bridgehead atoms. The molecule has 24 heavy (non-hydrogen) atoms. The van der Waals surface area contributed by atoms with Gasteiger partial charge < -0.3 is 14.8 Å². The smallest absolute Gasteiger partial charge is 0.339 e. The molecule has 126 valence electrons. The number of carbonyl (C=O) groups is 2.